The lowest BCUT2D eigenvalue weighted by atomic mass is 10.3. The molecule has 0 radical (unpaired) electrons. The Balaban J connectivity index is 1.76. The third-order valence-electron chi connectivity index (χ3n) is 3.31. The Bertz CT molecular complexity index is 871. The monoisotopic (exact) mass is 368 g/mol. The first-order chi connectivity index (χ1) is 11.4. The first kappa shape index (κ1) is 16.8. The van der Waals surface area contributed by atoms with E-state index < -0.39 is 6.43 Å². The quantitative estimate of drug-likeness (QED) is 0.693. The normalized spacial score (nSPS) is 11.4. The molecule has 2 aromatic heterocycles. The molecule has 126 valence electrons. The van der Waals surface area contributed by atoms with E-state index in [4.69, 9.17) is 0 Å². The SMILES string of the molecule is Cc1cc(C(=O)Nc2ccc3nc(SCC(F)F)sc3c2)nn1C. The molecule has 3 aromatic rings. The number of rotatable bonds is 5. The van der Waals surface area contributed by atoms with Gasteiger partial charge in [-0.05, 0) is 31.2 Å². The molecule has 3 rings (SSSR count). The fourth-order valence-electron chi connectivity index (χ4n) is 2.04. The molecule has 24 heavy (non-hydrogen) atoms. The number of fused-ring (bicyclic) bond motifs is 1. The van der Waals surface area contributed by atoms with Gasteiger partial charge in [0.05, 0.1) is 16.0 Å². The van der Waals surface area contributed by atoms with Crippen LogP contribution in [0.2, 0.25) is 0 Å². The number of halogens is 2. The van der Waals surface area contributed by atoms with Gasteiger partial charge in [-0.3, -0.25) is 9.48 Å². The molecule has 0 saturated heterocycles. The summed E-state index contributed by atoms with van der Waals surface area (Å²) in [6, 6.07) is 6.99. The van der Waals surface area contributed by atoms with E-state index in [-0.39, 0.29) is 11.7 Å². The van der Waals surface area contributed by atoms with Gasteiger partial charge in [0.25, 0.3) is 5.91 Å². The van der Waals surface area contributed by atoms with Gasteiger partial charge in [-0.2, -0.15) is 5.10 Å². The minimum absolute atomic E-state index is 0.275. The zero-order valence-corrected chi connectivity index (χ0v) is 14.5. The molecule has 0 fully saturated rings. The van der Waals surface area contributed by atoms with Crippen molar-refractivity contribution >= 4 is 44.9 Å². The summed E-state index contributed by atoms with van der Waals surface area (Å²) in [5.74, 6) is -0.572. The van der Waals surface area contributed by atoms with Crippen molar-refractivity contribution in [1.82, 2.24) is 14.8 Å². The molecule has 1 N–H and O–H groups in total. The van der Waals surface area contributed by atoms with Crippen molar-refractivity contribution in [1.29, 1.82) is 0 Å². The van der Waals surface area contributed by atoms with E-state index >= 15 is 0 Å². The molecule has 2 heterocycles. The number of carbonyl (C=O) groups excluding carboxylic acids is 1. The van der Waals surface area contributed by atoms with Gasteiger partial charge in [0.15, 0.2) is 10.0 Å². The Labute approximate surface area is 145 Å². The molecule has 5 nitrogen and oxygen atoms in total. The highest BCUT2D eigenvalue weighted by atomic mass is 32.2. The number of nitrogens with one attached hydrogen (secondary N) is 1. The number of anilines is 1. The van der Waals surface area contributed by atoms with Crippen LogP contribution in [0.4, 0.5) is 14.5 Å². The maximum atomic E-state index is 12.3. The number of nitrogens with zero attached hydrogens (tertiary/aromatic N) is 3. The summed E-state index contributed by atoms with van der Waals surface area (Å²) in [7, 11) is 1.77. The standard InChI is InChI=1S/C15H14F2N4OS2/c1-8-5-11(20-21(8)2)14(22)18-9-3-4-10-12(6-9)24-15(19-10)23-7-13(16)17/h3-6,13H,7H2,1-2H3,(H,18,22). The highest BCUT2D eigenvalue weighted by Gasteiger charge is 2.13. The van der Waals surface area contributed by atoms with Gasteiger partial charge >= 0.3 is 0 Å². The molecule has 0 saturated carbocycles. The lowest BCUT2D eigenvalue weighted by molar-refractivity contribution is 0.102. The smallest absolute Gasteiger partial charge is 0.276 e. The Morgan fingerprint density at radius 2 is 2.21 bits per heavy atom. The van der Waals surface area contributed by atoms with Crippen LogP contribution in [0.15, 0.2) is 28.6 Å². The molecule has 0 aliphatic heterocycles. The average Bonchev–Trinajstić information content (AvgIpc) is 3.08. The maximum absolute atomic E-state index is 12.3. The predicted octanol–water partition coefficient (Wildman–Crippen LogP) is 3.95. The van der Waals surface area contributed by atoms with E-state index in [0.29, 0.717) is 15.7 Å². The third kappa shape index (κ3) is 3.73. The van der Waals surface area contributed by atoms with Gasteiger partial charge in [-0.25, -0.2) is 13.8 Å². The number of hydrogen-bond acceptors (Lipinski definition) is 5. The fraction of sp³-hybridized carbons (Fsp3) is 0.267. The van der Waals surface area contributed by atoms with Gasteiger partial charge in [-0.1, -0.05) is 11.8 Å². The van der Waals surface area contributed by atoms with Crippen molar-refractivity contribution < 1.29 is 13.6 Å². The minimum atomic E-state index is -2.36. The minimum Gasteiger partial charge on any atom is -0.321 e. The molecule has 0 unspecified atom stereocenters. The summed E-state index contributed by atoms with van der Waals surface area (Å²) in [6.45, 7) is 1.87. The summed E-state index contributed by atoms with van der Waals surface area (Å²) in [5, 5.41) is 6.92. The fourth-order valence-corrected chi connectivity index (χ4v) is 3.92. The van der Waals surface area contributed by atoms with E-state index in [1.54, 1.807) is 36.0 Å². The Kier molecular flexibility index (Phi) is 4.81. The maximum Gasteiger partial charge on any atom is 0.276 e. The van der Waals surface area contributed by atoms with Crippen LogP contribution in [0.3, 0.4) is 0 Å². The van der Waals surface area contributed by atoms with Crippen LogP contribution >= 0.6 is 23.1 Å². The number of alkyl halides is 2. The molecule has 1 aromatic carbocycles. The zero-order chi connectivity index (χ0) is 17.3. The van der Waals surface area contributed by atoms with Crippen molar-refractivity contribution in [2.45, 2.75) is 17.7 Å². The van der Waals surface area contributed by atoms with E-state index in [1.165, 1.54) is 11.3 Å². The topological polar surface area (TPSA) is 59.8 Å². The molecule has 0 aliphatic carbocycles. The summed E-state index contributed by atoms with van der Waals surface area (Å²) in [6.07, 6.45) is -2.36. The molecule has 0 spiro atoms. The van der Waals surface area contributed by atoms with E-state index in [9.17, 15) is 13.6 Å². The summed E-state index contributed by atoms with van der Waals surface area (Å²) < 4.78 is 27.6. The Morgan fingerprint density at radius 1 is 1.42 bits per heavy atom. The average molecular weight is 368 g/mol. The second-order valence-corrected chi connectivity index (χ2v) is 7.41. The van der Waals surface area contributed by atoms with Crippen molar-refractivity contribution in [3.63, 3.8) is 0 Å². The lowest BCUT2D eigenvalue weighted by Crippen LogP contribution is -2.12. The van der Waals surface area contributed by atoms with Gasteiger partial charge in [0, 0.05) is 18.4 Å². The molecular formula is C15H14F2N4OS2. The first-order valence-electron chi connectivity index (χ1n) is 7.06. The van der Waals surface area contributed by atoms with Gasteiger partial charge in [0.2, 0.25) is 6.43 Å². The third-order valence-corrected chi connectivity index (χ3v) is 5.48. The first-order valence-corrected chi connectivity index (χ1v) is 8.86. The predicted molar refractivity (Wildman–Crippen MR) is 92.2 cm³/mol. The number of benzene rings is 1. The Hall–Kier alpha value is -2.00. The molecule has 0 atom stereocenters. The van der Waals surface area contributed by atoms with Crippen LogP contribution in [-0.4, -0.2) is 32.8 Å². The van der Waals surface area contributed by atoms with Crippen molar-refractivity contribution in [3.05, 3.63) is 35.7 Å². The number of amides is 1. The van der Waals surface area contributed by atoms with Crippen LogP contribution in [0.25, 0.3) is 10.2 Å². The number of thioether (sulfide) groups is 1. The van der Waals surface area contributed by atoms with Crippen LogP contribution in [0.1, 0.15) is 16.2 Å². The van der Waals surface area contributed by atoms with Gasteiger partial charge in [-0.15, -0.1) is 11.3 Å². The molecule has 9 heteroatoms. The molecule has 0 aliphatic rings. The second-order valence-electron chi connectivity index (χ2n) is 5.11. The van der Waals surface area contributed by atoms with Crippen LogP contribution in [-0.2, 0) is 7.05 Å². The summed E-state index contributed by atoms with van der Waals surface area (Å²) >= 11 is 2.36. The van der Waals surface area contributed by atoms with Crippen molar-refractivity contribution in [2.24, 2.45) is 7.05 Å². The number of carbonyl (C=O) groups is 1. The summed E-state index contributed by atoms with van der Waals surface area (Å²) in [4.78, 5) is 16.5. The van der Waals surface area contributed by atoms with Gasteiger partial charge < -0.3 is 5.32 Å². The Morgan fingerprint density at radius 3 is 2.88 bits per heavy atom. The molecule has 0 bridgehead atoms. The molecule has 1 amide bonds. The van der Waals surface area contributed by atoms with Crippen LogP contribution in [0.5, 0.6) is 0 Å². The van der Waals surface area contributed by atoms with Gasteiger partial charge in [0.1, 0.15) is 0 Å². The van der Waals surface area contributed by atoms with Crippen LogP contribution < -0.4 is 5.32 Å². The molecular weight excluding hydrogens is 354 g/mol. The number of aryl methyl sites for hydroxylation is 2. The largest absolute Gasteiger partial charge is 0.321 e. The van der Waals surface area contributed by atoms with Crippen LogP contribution in [0, 0.1) is 6.92 Å². The van der Waals surface area contributed by atoms with E-state index in [0.717, 1.165) is 27.7 Å². The zero-order valence-electron chi connectivity index (χ0n) is 12.9. The highest BCUT2D eigenvalue weighted by molar-refractivity contribution is 8.01. The number of thiazole rings is 1. The van der Waals surface area contributed by atoms with Crippen molar-refractivity contribution in [2.75, 3.05) is 11.1 Å². The highest BCUT2D eigenvalue weighted by Crippen LogP contribution is 2.32. The second kappa shape index (κ2) is 6.86. The number of aromatic nitrogens is 3. The van der Waals surface area contributed by atoms with E-state index in [1.807, 2.05) is 6.92 Å². The van der Waals surface area contributed by atoms with E-state index in [2.05, 4.69) is 15.4 Å². The van der Waals surface area contributed by atoms with Crippen molar-refractivity contribution in [3.8, 4) is 0 Å². The summed E-state index contributed by atoms with van der Waals surface area (Å²) in [5.41, 5.74) is 2.57. The lowest BCUT2D eigenvalue weighted by Gasteiger charge is -2.02. The number of hydrogen-bond donors (Lipinski definition) is 1.